The number of hydrogen-bond donors (Lipinski definition) is 1. The van der Waals surface area contributed by atoms with Gasteiger partial charge in [0.05, 0.1) is 18.5 Å². The van der Waals surface area contributed by atoms with Gasteiger partial charge in [0.25, 0.3) is 0 Å². The van der Waals surface area contributed by atoms with Crippen molar-refractivity contribution in [2.45, 2.75) is 32.9 Å². The number of nitrogens with two attached hydrogens (primary N) is 1. The molecule has 1 amide bonds. The second-order valence-electron chi connectivity index (χ2n) is 4.80. The highest BCUT2D eigenvalue weighted by atomic mass is 16.2. The quantitative estimate of drug-likeness (QED) is 0.835. The normalized spacial score (nSPS) is 11.9. The van der Waals surface area contributed by atoms with E-state index in [2.05, 4.69) is 11.1 Å². The Morgan fingerprint density at radius 3 is 2.84 bits per heavy atom. The Balaban J connectivity index is 2.77. The molecule has 5 nitrogen and oxygen atoms in total. The number of pyridine rings is 1. The van der Waals surface area contributed by atoms with Gasteiger partial charge in [0.2, 0.25) is 5.91 Å². The second-order valence-corrected chi connectivity index (χ2v) is 4.80. The summed E-state index contributed by atoms with van der Waals surface area (Å²) in [5.74, 6) is -0.0416. The first kappa shape index (κ1) is 15.1. The van der Waals surface area contributed by atoms with Crippen LogP contribution in [0.25, 0.3) is 0 Å². The zero-order valence-electron chi connectivity index (χ0n) is 11.4. The first-order valence-electron chi connectivity index (χ1n) is 6.36. The number of rotatable bonds is 6. The van der Waals surface area contributed by atoms with E-state index in [1.54, 1.807) is 17.3 Å². The van der Waals surface area contributed by atoms with E-state index in [4.69, 9.17) is 11.0 Å². The van der Waals surface area contributed by atoms with Crippen LogP contribution in [0.2, 0.25) is 0 Å². The van der Waals surface area contributed by atoms with Crippen molar-refractivity contribution in [2.24, 2.45) is 11.7 Å². The summed E-state index contributed by atoms with van der Waals surface area (Å²) in [6, 6.07) is 5.25. The van der Waals surface area contributed by atoms with Gasteiger partial charge in [0.1, 0.15) is 0 Å². The fourth-order valence-electron chi connectivity index (χ4n) is 1.66. The summed E-state index contributed by atoms with van der Waals surface area (Å²) in [6.07, 6.45) is 3.70. The predicted molar refractivity (Wildman–Crippen MR) is 72.7 cm³/mol. The molecular formula is C14H20N4O. The van der Waals surface area contributed by atoms with Gasteiger partial charge in [0.15, 0.2) is 0 Å². The van der Waals surface area contributed by atoms with Crippen molar-refractivity contribution in [1.29, 1.82) is 5.26 Å². The Hall–Kier alpha value is -1.93. The van der Waals surface area contributed by atoms with Gasteiger partial charge in [0, 0.05) is 25.5 Å². The minimum absolute atomic E-state index is 0.0750. The molecule has 0 aromatic carbocycles. The van der Waals surface area contributed by atoms with Gasteiger partial charge >= 0.3 is 0 Å². The van der Waals surface area contributed by atoms with E-state index in [1.165, 1.54) is 0 Å². The number of hydrogen-bond acceptors (Lipinski definition) is 4. The number of carbonyl (C=O) groups is 1. The van der Waals surface area contributed by atoms with Gasteiger partial charge in [-0.15, -0.1) is 0 Å². The molecule has 19 heavy (non-hydrogen) atoms. The lowest BCUT2D eigenvalue weighted by molar-refractivity contribution is -0.134. The molecule has 0 fully saturated rings. The minimum Gasteiger partial charge on any atom is -0.336 e. The Kier molecular flexibility index (Phi) is 5.97. The van der Waals surface area contributed by atoms with Gasteiger partial charge in [-0.05, 0) is 17.5 Å². The standard InChI is InChI=1S/C14H20N4O/c1-11(2)13(16)14(19)18(8-4-6-15)10-12-5-3-7-17-9-12/h3,5,7,9,11,13H,4,8,10,16H2,1-2H3. The Bertz CT molecular complexity index is 439. The molecule has 0 radical (unpaired) electrons. The van der Waals surface area contributed by atoms with Gasteiger partial charge in [-0.2, -0.15) is 5.26 Å². The SMILES string of the molecule is CC(C)C(N)C(=O)N(CCC#N)Cc1cccnc1. The van der Waals surface area contributed by atoms with Crippen molar-refractivity contribution >= 4 is 5.91 Å². The maximum Gasteiger partial charge on any atom is 0.240 e. The molecule has 0 saturated carbocycles. The molecule has 1 heterocycles. The van der Waals surface area contributed by atoms with Crippen LogP contribution in [0.3, 0.4) is 0 Å². The fourth-order valence-corrected chi connectivity index (χ4v) is 1.66. The van der Waals surface area contributed by atoms with E-state index >= 15 is 0 Å². The van der Waals surface area contributed by atoms with E-state index in [-0.39, 0.29) is 11.8 Å². The fraction of sp³-hybridized carbons (Fsp3) is 0.500. The number of aromatic nitrogens is 1. The zero-order chi connectivity index (χ0) is 14.3. The van der Waals surface area contributed by atoms with Gasteiger partial charge in [-0.25, -0.2) is 0 Å². The Morgan fingerprint density at radius 2 is 2.32 bits per heavy atom. The molecule has 1 atom stereocenters. The van der Waals surface area contributed by atoms with Crippen LogP contribution >= 0.6 is 0 Å². The Labute approximate surface area is 114 Å². The molecule has 1 rings (SSSR count). The summed E-state index contributed by atoms with van der Waals surface area (Å²) in [7, 11) is 0. The third kappa shape index (κ3) is 4.68. The lowest BCUT2D eigenvalue weighted by Crippen LogP contribution is -2.46. The minimum atomic E-state index is -0.532. The molecule has 2 N–H and O–H groups in total. The smallest absolute Gasteiger partial charge is 0.240 e. The summed E-state index contributed by atoms with van der Waals surface area (Å²) in [6.45, 7) is 4.66. The first-order chi connectivity index (χ1) is 9.06. The lowest BCUT2D eigenvalue weighted by atomic mass is 10.0. The van der Waals surface area contributed by atoms with Gasteiger partial charge in [-0.1, -0.05) is 19.9 Å². The molecule has 0 aliphatic rings. The van der Waals surface area contributed by atoms with Crippen LogP contribution in [0.5, 0.6) is 0 Å². The van der Waals surface area contributed by atoms with Crippen molar-refractivity contribution < 1.29 is 4.79 Å². The summed E-state index contributed by atoms with van der Waals surface area (Å²) in [5.41, 5.74) is 6.83. The van der Waals surface area contributed by atoms with Crippen LogP contribution in [0, 0.1) is 17.2 Å². The summed E-state index contributed by atoms with van der Waals surface area (Å²) in [4.78, 5) is 17.9. The lowest BCUT2D eigenvalue weighted by Gasteiger charge is -2.26. The van der Waals surface area contributed by atoms with E-state index in [0.717, 1.165) is 5.56 Å². The molecule has 5 heteroatoms. The molecule has 0 bridgehead atoms. The zero-order valence-corrected chi connectivity index (χ0v) is 11.4. The third-order valence-electron chi connectivity index (χ3n) is 2.90. The summed E-state index contributed by atoms with van der Waals surface area (Å²) < 4.78 is 0. The third-order valence-corrected chi connectivity index (χ3v) is 2.90. The highest BCUT2D eigenvalue weighted by molar-refractivity contribution is 5.81. The molecule has 0 saturated heterocycles. The van der Waals surface area contributed by atoms with Gasteiger partial charge in [-0.3, -0.25) is 9.78 Å². The van der Waals surface area contributed by atoms with E-state index < -0.39 is 6.04 Å². The predicted octanol–water partition coefficient (Wildman–Crippen LogP) is 1.31. The van der Waals surface area contributed by atoms with Crippen molar-refractivity contribution in [3.63, 3.8) is 0 Å². The van der Waals surface area contributed by atoms with Crippen LogP contribution in [-0.4, -0.2) is 28.4 Å². The number of carbonyl (C=O) groups excluding carboxylic acids is 1. The topological polar surface area (TPSA) is 83.0 Å². The van der Waals surface area contributed by atoms with Crippen LogP contribution in [0.15, 0.2) is 24.5 Å². The second kappa shape index (κ2) is 7.49. The van der Waals surface area contributed by atoms with E-state index in [9.17, 15) is 4.79 Å². The molecule has 0 spiro atoms. The largest absolute Gasteiger partial charge is 0.336 e. The Morgan fingerprint density at radius 1 is 1.58 bits per heavy atom. The molecule has 0 aliphatic carbocycles. The monoisotopic (exact) mass is 260 g/mol. The van der Waals surface area contributed by atoms with E-state index in [0.29, 0.717) is 19.5 Å². The number of amides is 1. The average Bonchev–Trinajstić information content (AvgIpc) is 2.42. The summed E-state index contributed by atoms with van der Waals surface area (Å²) in [5, 5.41) is 8.68. The van der Waals surface area contributed by atoms with Crippen LogP contribution in [0.4, 0.5) is 0 Å². The highest BCUT2D eigenvalue weighted by Crippen LogP contribution is 2.09. The highest BCUT2D eigenvalue weighted by Gasteiger charge is 2.23. The molecule has 0 aliphatic heterocycles. The van der Waals surface area contributed by atoms with E-state index in [1.807, 2.05) is 26.0 Å². The maximum atomic E-state index is 12.3. The number of nitriles is 1. The van der Waals surface area contributed by atoms with Crippen molar-refractivity contribution in [3.8, 4) is 6.07 Å². The van der Waals surface area contributed by atoms with Crippen molar-refractivity contribution in [1.82, 2.24) is 9.88 Å². The first-order valence-corrected chi connectivity index (χ1v) is 6.36. The summed E-state index contributed by atoms with van der Waals surface area (Å²) >= 11 is 0. The molecule has 102 valence electrons. The molecular weight excluding hydrogens is 240 g/mol. The van der Waals surface area contributed by atoms with Crippen LogP contribution in [0.1, 0.15) is 25.8 Å². The molecule has 1 unspecified atom stereocenters. The van der Waals surface area contributed by atoms with Crippen molar-refractivity contribution in [2.75, 3.05) is 6.54 Å². The molecule has 1 aromatic rings. The van der Waals surface area contributed by atoms with Crippen LogP contribution < -0.4 is 5.73 Å². The maximum absolute atomic E-state index is 12.3. The van der Waals surface area contributed by atoms with Crippen molar-refractivity contribution in [3.05, 3.63) is 30.1 Å². The number of nitrogens with zero attached hydrogens (tertiary/aromatic N) is 3. The molecule has 1 aromatic heterocycles. The average molecular weight is 260 g/mol. The van der Waals surface area contributed by atoms with Crippen LogP contribution in [-0.2, 0) is 11.3 Å². The van der Waals surface area contributed by atoms with Gasteiger partial charge < -0.3 is 10.6 Å².